The van der Waals surface area contributed by atoms with Gasteiger partial charge in [0.2, 0.25) is 17.7 Å². The highest BCUT2D eigenvalue weighted by Gasteiger charge is 2.31. The first-order valence-corrected chi connectivity index (χ1v) is 10.4. The minimum absolute atomic E-state index is 0.00395. The summed E-state index contributed by atoms with van der Waals surface area (Å²) in [6, 6.07) is 5.39. The molecule has 0 aliphatic carbocycles. The zero-order valence-electron chi connectivity index (χ0n) is 15.5. The van der Waals surface area contributed by atoms with E-state index in [2.05, 4.69) is 10.6 Å². The Hall–Kier alpha value is -1.73. The highest BCUT2D eigenvalue weighted by molar-refractivity contribution is 8.01. The normalized spacial score (nSPS) is 20.2. The number of thioether (sulfide) groups is 1. The summed E-state index contributed by atoms with van der Waals surface area (Å²) < 4.78 is 0. The molecule has 2 aliphatic heterocycles. The van der Waals surface area contributed by atoms with Gasteiger partial charge in [0.05, 0.1) is 10.9 Å². The second kappa shape index (κ2) is 8.52. The molecular formula is C19H24ClN3O3S. The number of nitrogens with zero attached hydrogens (tertiary/aromatic N) is 1. The maximum absolute atomic E-state index is 12.4. The Morgan fingerprint density at radius 3 is 2.70 bits per heavy atom. The molecule has 0 aromatic heterocycles. The molecule has 27 heavy (non-hydrogen) atoms. The number of hydrogen-bond acceptors (Lipinski definition) is 4. The van der Waals surface area contributed by atoms with Crippen molar-refractivity contribution >= 4 is 46.8 Å². The van der Waals surface area contributed by atoms with Gasteiger partial charge >= 0.3 is 0 Å². The fraction of sp³-hybridized carbons (Fsp3) is 0.526. The van der Waals surface area contributed by atoms with Gasteiger partial charge in [0, 0.05) is 41.4 Å². The van der Waals surface area contributed by atoms with E-state index in [0.29, 0.717) is 23.8 Å². The van der Waals surface area contributed by atoms with Crippen molar-refractivity contribution in [3.8, 4) is 0 Å². The van der Waals surface area contributed by atoms with Crippen LogP contribution in [0, 0.1) is 5.92 Å². The summed E-state index contributed by atoms with van der Waals surface area (Å²) in [7, 11) is 0. The third kappa shape index (κ3) is 4.96. The Balaban J connectivity index is 1.49. The maximum atomic E-state index is 12.4. The smallest absolute Gasteiger partial charge is 0.238 e. The Bertz CT molecular complexity index is 748. The Labute approximate surface area is 168 Å². The van der Waals surface area contributed by atoms with E-state index in [1.165, 1.54) is 11.8 Å². The summed E-state index contributed by atoms with van der Waals surface area (Å²) in [5, 5.41) is 5.94. The predicted molar refractivity (Wildman–Crippen MR) is 107 cm³/mol. The van der Waals surface area contributed by atoms with E-state index in [-0.39, 0.29) is 36.1 Å². The molecule has 1 saturated heterocycles. The van der Waals surface area contributed by atoms with Crippen molar-refractivity contribution in [2.24, 2.45) is 5.92 Å². The van der Waals surface area contributed by atoms with Gasteiger partial charge in [0.25, 0.3) is 0 Å². The number of piperidine rings is 1. The molecule has 2 N–H and O–H groups in total. The fourth-order valence-electron chi connectivity index (χ4n) is 3.32. The van der Waals surface area contributed by atoms with E-state index >= 15 is 0 Å². The van der Waals surface area contributed by atoms with Crippen molar-refractivity contribution in [3.05, 3.63) is 23.2 Å². The van der Waals surface area contributed by atoms with Gasteiger partial charge in [-0.25, -0.2) is 0 Å². The third-order valence-electron chi connectivity index (χ3n) is 4.80. The summed E-state index contributed by atoms with van der Waals surface area (Å²) in [5.74, 6) is -0.152. The second-order valence-electron chi connectivity index (χ2n) is 7.26. The van der Waals surface area contributed by atoms with Gasteiger partial charge in [-0.2, -0.15) is 0 Å². The molecule has 2 aliphatic rings. The molecule has 1 atom stereocenters. The number of likely N-dealkylation sites (tertiary alicyclic amines) is 1. The van der Waals surface area contributed by atoms with Crippen LogP contribution >= 0.6 is 23.4 Å². The van der Waals surface area contributed by atoms with Gasteiger partial charge in [-0.15, -0.1) is 11.8 Å². The quantitative estimate of drug-likeness (QED) is 0.801. The Morgan fingerprint density at radius 1 is 1.33 bits per heavy atom. The van der Waals surface area contributed by atoms with Crippen LogP contribution in [0.25, 0.3) is 0 Å². The number of hydrogen-bond donors (Lipinski definition) is 2. The lowest BCUT2D eigenvalue weighted by Gasteiger charge is -2.33. The highest BCUT2D eigenvalue weighted by Crippen LogP contribution is 2.38. The number of benzene rings is 1. The Kier molecular flexibility index (Phi) is 6.32. The highest BCUT2D eigenvalue weighted by atomic mass is 35.5. The van der Waals surface area contributed by atoms with E-state index in [4.69, 9.17) is 11.6 Å². The molecule has 1 unspecified atom stereocenters. The minimum atomic E-state index is -0.457. The summed E-state index contributed by atoms with van der Waals surface area (Å²) in [5.41, 5.74) is 0.691. The van der Waals surface area contributed by atoms with Crippen LogP contribution in [0.4, 0.5) is 5.69 Å². The van der Waals surface area contributed by atoms with Crippen molar-refractivity contribution in [3.63, 3.8) is 0 Å². The van der Waals surface area contributed by atoms with E-state index in [1.807, 2.05) is 24.8 Å². The van der Waals surface area contributed by atoms with Crippen LogP contribution in [0.15, 0.2) is 23.1 Å². The van der Waals surface area contributed by atoms with Crippen molar-refractivity contribution in [1.29, 1.82) is 0 Å². The SMILES string of the molecule is CC(C)C(=O)N1CCC(NC(=O)CC2Sc3ccc(Cl)cc3NC2=O)CC1. The molecule has 0 saturated carbocycles. The average Bonchev–Trinajstić information content (AvgIpc) is 2.62. The van der Waals surface area contributed by atoms with E-state index in [1.54, 1.807) is 12.1 Å². The van der Waals surface area contributed by atoms with E-state index in [9.17, 15) is 14.4 Å². The largest absolute Gasteiger partial charge is 0.353 e. The van der Waals surface area contributed by atoms with Gasteiger partial charge in [-0.05, 0) is 31.0 Å². The van der Waals surface area contributed by atoms with Gasteiger partial charge in [-0.1, -0.05) is 25.4 Å². The molecule has 3 rings (SSSR count). The molecule has 8 heteroatoms. The van der Waals surface area contributed by atoms with Crippen molar-refractivity contribution in [1.82, 2.24) is 10.2 Å². The molecule has 0 radical (unpaired) electrons. The lowest BCUT2D eigenvalue weighted by molar-refractivity contribution is -0.135. The summed E-state index contributed by atoms with van der Waals surface area (Å²) in [6.07, 6.45) is 1.62. The van der Waals surface area contributed by atoms with Crippen LogP contribution in [-0.2, 0) is 14.4 Å². The summed E-state index contributed by atoms with van der Waals surface area (Å²) >= 11 is 7.34. The molecule has 3 amide bonds. The van der Waals surface area contributed by atoms with E-state index in [0.717, 1.165) is 17.7 Å². The lowest BCUT2D eigenvalue weighted by Crippen LogP contribution is -2.48. The zero-order valence-corrected chi connectivity index (χ0v) is 17.0. The van der Waals surface area contributed by atoms with E-state index < -0.39 is 5.25 Å². The molecule has 2 heterocycles. The van der Waals surface area contributed by atoms with Crippen LogP contribution < -0.4 is 10.6 Å². The lowest BCUT2D eigenvalue weighted by atomic mass is 10.0. The minimum Gasteiger partial charge on any atom is -0.353 e. The van der Waals surface area contributed by atoms with Crippen LogP contribution in [0.1, 0.15) is 33.1 Å². The number of rotatable bonds is 4. The second-order valence-corrected chi connectivity index (χ2v) is 8.94. The molecule has 0 bridgehead atoms. The van der Waals surface area contributed by atoms with Crippen LogP contribution in [0.5, 0.6) is 0 Å². The number of nitrogens with one attached hydrogen (secondary N) is 2. The molecule has 6 nitrogen and oxygen atoms in total. The van der Waals surface area contributed by atoms with Crippen LogP contribution in [-0.4, -0.2) is 47.0 Å². The topological polar surface area (TPSA) is 78.5 Å². The summed E-state index contributed by atoms with van der Waals surface area (Å²) in [6.45, 7) is 5.12. The number of halogens is 1. The number of carbonyl (C=O) groups is 3. The third-order valence-corrected chi connectivity index (χ3v) is 6.31. The average molecular weight is 410 g/mol. The Morgan fingerprint density at radius 2 is 2.04 bits per heavy atom. The standard InChI is InChI=1S/C19H24ClN3O3S/c1-11(2)19(26)23-7-5-13(6-8-23)21-17(24)10-16-18(25)22-14-9-12(20)3-4-15(14)27-16/h3-4,9,11,13,16H,5-8,10H2,1-2H3,(H,21,24)(H,22,25). The number of anilines is 1. The molecular weight excluding hydrogens is 386 g/mol. The van der Waals surface area contributed by atoms with Gasteiger partial charge in [0.1, 0.15) is 0 Å². The van der Waals surface area contributed by atoms with Crippen LogP contribution in [0.3, 0.4) is 0 Å². The van der Waals surface area contributed by atoms with Gasteiger partial charge < -0.3 is 15.5 Å². The summed E-state index contributed by atoms with van der Waals surface area (Å²) in [4.78, 5) is 39.5. The van der Waals surface area contributed by atoms with Gasteiger partial charge in [-0.3, -0.25) is 14.4 Å². The van der Waals surface area contributed by atoms with Crippen molar-refractivity contribution in [2.75, 3.05) is 18.4 Å². The molecule has 1 aromatic rings. The first-order chi connectivity index (χ1) is 12.8. The first kappa shape index (κ1) is 20.0. The first-order valence-electron chi connectivity index (χ1n) is 9.18. The molecule has 0 spiro atoms. The maximum Gasteiger partial charge on any atom is 0.238 e. The zero-order chi connectivity index (χ0) is 19.6. The number of amides is 3. The fourth-order valence-corrected chi connectivity index (χ4v) is 4.58. The van der Waals surface area contributed by atoms with Crippen molar-refractivity contribution in [2.45, 2.75) is 49.3 Å². The molecule has 1 aromatic carbocycles. The predicted octanol–water partition coefficient (Wildman–Crippen LogP) is 2.91. The number of carbonyl (C=O) groups excluding carboxylic acids is 3. The molecule has 146 valence electrons. The van der Waals surface area contributed by atoms with Crippen LogP contribution in [0.2, 0.25) is 5.02 Å². The molecule has 1 fully saturated rings. The monoisotopic (exact) mass is 409 g/mol. The van der Waals surface area contributed by atoms with Gasteiger partial charge in [0.15, 0.2) is 0 Å². The van der Waals surface area contributed by atoms with Crippen molar-refractivity contribution < 1.29 is 14.4 Å². The number of fused-ring (bicyclic) bond motifs is 1.